The van der Waals surface area contributed by atoms with Gasteiger partial charge in [-0.3, -0.25) is 4.79 Å². The van der Waals surface area contributed by atoms with E-state index in [9.17, 15) is 9.59 Å². The van der Waals surface area contributed by atoms with Crippen LogP contribution in [0.3, 0.4) is 0 Å². The van der Waals surface area contributed by atoms with E-state index in [1.165, 1.54) is 4.88 Å². The van der Waals surface area contributed by atoms with Gasteiger partial charge in [0.1, 0.15) is 17.3 Å². The van der Waals surface area contributed by atoms with Gasteiger partial charge < -0.3 is 9.72 Å². The molecule has 6 heteroatoms. The van der Waals surface area contributed by atoms with Crippen molar-refractivity contribution in [2.24, 2.45) is 0 Å². The van der Waals surface area contributed by atoms with E-state index in [1.54, 1.807) is 23.5 Å². The van der Waals surface area contributed by atoms with Crippen molar-refractivity contribution in [3.63, 3.8) is 0 Å². The van der Waals surface area contributed by atoms with Crippen LogP contribution in [0.2, 0.25) is 0 Å². The van der Waals surface area contributed by atoms with E-state index in [4.69, 9.17) is 4.74 Å². The SMILES string of the molecule is O=C(OCc1nc2sc3c(c2c(=O)[nH]1)CCCC3)c1ccc(-c2ccccc2)cc1. The number of esters is 1. The summed E-state index contributed by atoms with van der Waals surface area (Å²) >= 11 is 1.59. The number of benzene rings is 2. The van der Waals surface area contributed by atoms with Gasteiger partial charge in [-0.2, -0.15) is 0 Å². The van der Waals surface area contributed by atoms with E-state index in [0.29, 0.717) is 16.8 Å². The first-order valence-corrected chi connectivity index (χ1v) is 10.9. The molecule has 4 aromatic rings. The first-order valence-electron chi connectivity index (χ1n) is 10.0. The fourth-order valence-corrected chi connectivity index (χ4v) is 5.20. The minimum atomic E-state index is -0.442. The van der Waals surface area contributed by atoms with Crippen molar-refractivity contribution in [2.75, 3.05) is 0 Å². The van der Waals surface area contributed by atoms with Crippen molar-refractivity contribution >= 4 is 27.5 Å². The summed E-state index contributed by atoms with van der Waals surface area (Å²) < 4.78 is 5.40. The number of nitrogens with one attached hydrogen (secondary N) is 1. The molecule has 2 heterocycles. The standard InChI is InChI=1S/C24H20N2O3S/c27-22-21-18-8-4-5-9-19(18)30-23(21)26-20(25-22)14-29-24(28)17-12-10-16(11-13-17)15-6-2-1-3-7-15/h1-3,6-7,10-13H,4-5,8-9,14H2,(H,25,26,27). The number of thiophene rings is 1. The van der Waals surface area contributed by atoms with Crippen LogP contribution in [0.15, 0.2) is 59.4 Å². The molecular formula is C24H20N2O3S. The van der Waals surface area contributed by atoms with E-state index < -0.39 is 5.97 Å². The number of carbonyl (C=O) groups excluding carboxylic acids is 1. The van der Waals surface area contributed by atoms with Crippen LogP contribution < -0.4 is 5.56 Å². The van der Waals surface area contributed by atoms with E-state index in [2.05, 4.69) is 9.97 Å². The highest BCUT2D eigenvalue weighted by Crippen LogP contribution is 2.33. The first kappa shape index (κ1) is 18.8. The molecule has 0 bridgehead atoms. The fraction of sp³-hybridized carbons (Fsp3) is 0.208. The zero-order chi connectivity index (χ0) is 20.5. The summed E-state index contributed by atoms with van der Waals surface area (Å²) in [6.07, 6.45) is 4.22. The molecule has 1 N–H and O–H groups in total. The summed E-state index contributed by atoms with van der Waals surface area (Å²) in [5, 5.41) is 0.710. The molecule has 150 valence electrons. The largest absolute Gasteiger partial charge is 0.454 e. The summed E-state index contributed by atoms with van der Waals surface area (Å²) in [5.41, 5.74) is 3.59. The predicted octanol–water partition coefficient (Wildman–Crippen LogP) is 4.89. The molecule has 0 saturated carbocycles. The lowest BCUT2D eigenvalue weighted by atomic mass is 9.97. The van der Waals surface area contributed by atoms with Crippen molar-refractivity contribution < 1.29 is 9.53 Å². The summed E-state index contributed by atoms with van der Waals surface area (Å²) in [4.78, 5) is 34.4. The number of aromatic amines is 1. The molecule has 2 aromatic heterocycles. The van der Waals surface area contributed by atoms with Crippen LogP contribution in [0.1, 0.15) is 39.5 Å². The topological polar surface area (TPSA) is 72.0 Å². The zero-order valence-corrected chi connectivity index (χ0v) is 17.1. The normalized spacial score (nSPS) is 13.2. The summed E-state index contributed by atoms with van der Waals surface area (Å²) in [6, 6.07) is 17.3. The highest BCUT2D eigenvalue weighted by molar-refractivity contribution is 7.18. The minimum Gasteiger partial charge on any atom is -0.454 e. The number of aromatic nitrogens is 2. The summed E-state index contributed by atoms with van der Waals surface area (Å²) in [7, 11) is 0. The maximum atomic E-state index is 12.6. The Morgan fingerprint density at radius 2 is 1.73 bits per heavy atom. The third kappa shape index (κ3) is 3.55. The fourth-order valence-electron chi connectivity index (χ4n) is 3.92. The third-order valence-corrected chi connectivity index (χ3v) is 6.63. The average Bonchev–Trinajstić information content (AvgIpc) is 3.17. The minimum absolute atomic E-state index is 0.0625. The quantitative estimate of drug-likeness (QED) is 0.481. The van der Waals surface area contributed by atoms with Crippen LogP contribution >= 0.6 is 11.3 Å². The van der Waals surface area contributed by atoms with Crippen molar-refractivity contribution in [1.82, 2.24) is 9.97 Å². The highest BCUT2D eigenvalue weighted by Gasteiger charge is 2.20. The van der Waals surface area contributed by atoms with Crippen LogP contribution in [0.5, 0.6) is 0 Å². The molecule has 0 radical (unpaired) electrons. The molecule has 30 heavy (non-hydrogen) atoms. The number of fused-ring (bicyclic) bond motifs is 3. The summed E-state index contributed by atoms with van der Waals surface area (Å²) in [6.45, 7) is -0.0625. The second kappa shape index (κ2) is 7.88. The van der Waals surface area contributed by atoms with Gasteiger partial charge in [0.2, 0.25) is 0 Å². The number of aryl methyl sites for hydroxylation is 2. The maximum Gasteiger partial charge on any atom is 0.338 e. The van der Waals surface area contributed by atoms with Gasteiger partial charge in [-0.15, -0.1) is 11.3 Å². The molecule has 0 saturated heterocycles. The van der Waals surface area contributed by atoms with Gasteiger partial charge in [-0.25, -0.2) is 9.78 Å². The van der Waals surface area contributed by atoms with E-state index in [-0.39, 0.29) is 12.2 Å². The lowest BCUT2D eigenvalue weighted by Gasteiger charge is -2.09. The smallest absolute Gasteiger partial charge is 0.338 e. The average molecular weight is 417 g/mol. The molecule has 1 aliphatic carbocycles. The molecule has 0 spiro atoms. The molecule has 0 unspecified atom stereocenters. The van der Waals surface area contributed by atoms with Crippen LogP contribution in [-0.4, -0.2) is 15.9 Å². The van der Waals surface area contributed by atoms with Gasteiger partial charge in [-0.1, -0.05) is 42.5 Å². The van der Waals surface area contributed by atoms with Gasteiger partial charge in [0.05, 0.1) is 10.9 Å². The second-order valence-corrected chi connectivity index (χ2v) is 8.51. The molecule has 0 atom stereocenters. The third-order valence-electron chi connectivity index (χ3n) is 5.44. The number of H-pyrrole nitrogens is 1. The van der Waals surface area contributed by atoms with E-state index in [0.717, 1.165) is 47.2 Å². The van der Waals surface area contributed by atoms with Crippen LogP contribution in [-0.2, 0) is 24.2 Å². The van der Waals surface area contributed by atoms with Crippen LogP contribution in [0.4, 0.5) is 0 Å². The number of carbonyl (C=O) groups is 1. The zero-order valence-electron chi connectivity index (χ0n) is 16.3. The maximum absolute atomic E-state index is 12.6. The predicted molar refractivity (Wildman–Crippen MR) is 118 cm³/mol. The number of hydrogen-bond donors (Lipinski definition) is 1. The first-order chi connectivity index (χ1) is 14.7. The molecule has 0 aliphatic heterocycles. The Hall–Kier alpha value is -3.25. The lowest BCUT2D eigenvalue weighted by molar-refractivity contribution is 0.0462. The van der Waals surface area contributed by atoms with Gasteiger partial charge in [0.15, 0.2) is 0 Å². The van der Waals surface area contributed by atoms with Crippen molar-refractivity contribution in [3.8, 4) is 11.1 Å². The Bertz CT molecular complexity index is 1270. The van der Waals surface area contributed by atoms with Crippen LogP contribution in [0, 0.1) is 0 Å². The van der Waals surface area contributed by atoms with Crippen molar-refractivity contribution in [2.45, 2.75) is 32.3 Å². The highest BCUT2D eigenvalue weighted by atomic mass is 32.1. The molecular weight excluding hydrogens is 396 g/mol. The Labute approximate surface area is 177 Å². The molecule has 1 aliphatic rings. The van der Waals surface area contributed by atoms with Crippen LogP contribution in [0.25, 0.3) is 21.3 Å². The number of rotatable bonds is 4. The van der Waals surface area contributed by atoms with E-state index >= 15 is 0 Å². The summed E-state index contributed by atoms with van der Waals surface area (Å²) in [5.74, 6) is -0.0665. The Morgan fingerprint density at radius 1 is 1.00 bits per heavy atom. The van der Waals surface area contributed by atoms with Gasteiger partial charge in [0, 0.05) is 4.88 Å². The molecule has 5 rings (SSSR count). The van der Waals surface area contributed by atoms with Crippen molar-refractivity contribution in [3.05, 3.63) is 86.8 Å². The number of ether oxygens (including phenoxy) is 1. The Kier molecular flexibility index (Phi) is 4.93. The van der Waals surface area contributed by atoms with Gasteiger partial charge in [-0.05, 0) is 54.5 Å². The molecule has 0 fully saturated rings. The van der Waals surface area contributed by atoms with E-state index in [1.807, 2.05) is 42.5 Å². The molecule has 2 aromatic carbocycles. The van der Waals surface area contributed by atoms with Crippen molar-refractivity contribution in [1.29, 1.82) is 0 Å². The Morgan fingerprint density at radius 3 is 2.53 bits per heavy atom. The molecule has 5 nitrogen and oxygen atoms in total. The molecule has 0 amide bonds. The Balaban J connectivity index is 1.31. The monoisotopic (exact) mass is 416 g/mol. The number of hydrogen-bond acceptors (Lipinski definition) is 5. The number of nitrogens with zero attached hydrogens (tertiary/aromatic N) is 1. The van der Waals surface area contributed by atoms with Gasteiger partial charge in [0.25, 0.3) is 5.56 Å². The van der Waals surface area contributed by atoms with Gasteiger partial charge >= 0.3 is 5.97 Å². The second-order valence-electron chi connectivity index (χ2n) is 7.42. The lowest BCUT2D eigenvalue weighted by Crippen LogP contribution is -2.15.